The van der Waals surface area contributed by atoms with E-state index >= 15 is 0 Å². The number of nitrogens with one attached hydrogen (secondary N) is 1. The van der Waals surface area contributed by atoms with Gasteiger partial charge < -0.3 is 26.4 Å². The van der Waals surface area contributed by atoms with Crippen molar-refractivity contribution in [3.63, 3.8) is 0 Å². The van der Waals surface area contributed by atoms with E-state index in [0.717, 1.165) is 6.54 Å². The van der Waals surface area contributed by atoms with Gasteiger partial charge in [-0.2, -0.15) is 0 Å². The van der Waals surface area contributed by atoms with E-state index in [1.165, 1.54) is 0 Å². The highest BCUT2D eigenvalue weighted by molar-refractivity contribution is 5.53. The van der Waals surface area contributed by atoms with Crippen LogP contribution in [0.2, 0.25) is 0 Å². The van der Waals surface area contributed by atoms with Crippen LogP contribution in [0, 0.1) is 0 Å². The minimum Gasteiger partial charge on any atom is -0.450 e. The predicted molar refractivity (Wildman–Crippen MR) is 39.7 cm³/mol. The lowest BCUT2D eigenvalue weighted by Gasteiger charge is -1.95. The second-order valence-electron chi connectivity index (χ2n) is 1.54. The summed E-state index contributed by atoms with van der Waals surface area (Å²) in [7, 11) is 0. The van der Waals surface area contributed by atoms with E-state index in [4.69, 9.17) is 25.8 Å². The Labute approximate surface area is 64.6 Å². The first-order valence-corrected chi connectivity index (χ1v) is 3.08. The van der Waals surface area contributed by atoms with Gasteiger partial charge in [0, 0.05) is 19.6 Å². The van der Waals surface area contributed by atoms with Gasteiger partial charge in [-0.3, -0.25) is 0 Å². The molecule has 0 aliphatic carbocycles. The number of hydrogen-bond acceptors (Lipinski definition) is 4. The molecule has 0 heterocycles. The fraction of sp³-hybridized carbons (Fsp3) is 0.800. The Morgan fingerprint density at radius 2 is 1.82 bits per heavy atom. The summed E-state index contributed by atoms with van der Waals surface area (Å²) >= 11 is 0. The Balaban J connectivity index is 0. The van der Waals surface area contributed by atoms with Gasteiger partial charge in [0.1, 0.15) is 0 Å². The molecule has 0 aromatic rings. The Morgan fingerprint density at radius 3 is 2.09 bits per heavy atom. The van der Waals surface area contributed by atoms with E-state index in [2.05, 4.69) is 5.32 Å². The fourth-order valence-electron chi connectivity index (χ4n) is 0.306. The van der Waals surface area contributed by atoms with Crippen molar-refractivity contribution in [3.8, 4) is 0 Å². The van der Waals surface area contributed by atoms with E-state index in [0.29, 0.717) is 13.1 Å². The minimum atomic E-state index is -1.83. The van der Waals surface area contributed by atoms with E-state index < -0.39 is 6.16 Å². The Bertz CT molecular complexity index is 80.6. The van der Waals surface area contributed by atoms with Crippen molar-refractivity contribution in [3.05, 3.63) is 0 Å². The largest absolute Gasteiger partial charge is 0.503 e. The summed E-state index contributed by atoms with van der Waals surface area (Å²) in [4.78, 5) is 8.56. The van der Waals surface area contributed by atoms with Gasteiger partial charge in [-0.1, -0.05) is 0 Å². The number of hydrogen-bond donors (Lipinski definition) is 5. The number of aliphatic hydroxyl groups is 1. The molecular formula is C5H14N2O4. The van der Waals surface area contributed by atoms with Gasteiger partial charge in [0.25, 0.3) is 0 Å². The summed E-state index contributed by atoms with van der Waals surface area (Å²) in [6, 6.07) is 0. The summed E-state index contributed by atoms with van der Waals surface area (Å²) in [5.41, 5.74) is 5.13. The van der Waals surface area contributed by atoms with Crippen LogP contribution < -0.4 is 11.1 Å². The second kappa shape index (κ2) is 11.9. The van der Waals surface area contributed by atoms with E-state index in [1.807, 2.05) is 0 Å². The van der Waals surface area contributed by atoms with Crippen molar-refractivity contribution < 1.29 is 20.1 Å². The first-order chi connectivity index (χ1) is 5.15. The van der Waals surface area contributed by atoms with Gasteiger partial charge in [0.15, 0.2) is 0 Å². The van der Waals surface area contributed by atoms with Crippen molar-refractivity contribution in [1.29, 1.82) is 0 Å². The minimum absolute atomic E-state index is 0.194. The summed E-state index contributed by atoms with van der Waals surface area (Å²) in [5, 5.41) is 25.0. The molecule has 0 saturated heterocycles. The van der Waals surface area contributed by atoms with Gasteiger partial charge in [-0.05, 0) is 0 Å². The summed E-state index contributed by atoms with van der Waals surface area (Å²) in [6.07, 6.45) is -1.83. The Kier molecular flexibility index (Phi) is 13.8. The molecule has 0 aromatic carbocycles. The molecule has 0 aliphatic rings. The van der Waals surface area contributed by atoms with Crippen LogP contribution in [-0.2, 0) is 0 Å². The number of carbonyl (C=O) groups is 1. The van der Waals surface area contributed by atoms with Crippen molar-refractivity contribution >= 4 is 6.16 Å². The molecule has 6 nitrogen and oxygen atoms in total. The normalized spacial score (nSPS) is 8.18. The molecule has 0 fully saturated rings. The first-order valence-electron chi connectivity index (χ1n) is 3.08. The average molecular weight is 166 g/mol. The first kappa shape index (κ1) is 12.8. The summed E-state index contributed by atoms with van der Waals surface area (Å²) in [6.45, 7) is 2.28. The summed E-state index contributed by atoms with van der Waals surface area (Å²) in [5.74, 6) is 0. The van der Waals surface area contributed by atoms with Crippen molar-refractivity contribution in [2.45, 2.75) is 0 Å². The fourth-order valence-corrected chi connectivity index (χ4v) is 0.306. The van der Waals surface area contributed by atoms with Crippen LogP contribution in [0.3, 0.4) is 0 Å². The van der Waals surface area contributed by atoms with Crippen LogP contribution in [-0.4, -0.2) is 47.7 Å². The zero-order chi connectivity index (χ0) is 9.11. The van der Waals surface area contributed by atoms with E-state index in [-0.39, 0.29) is 6.61 Å². The molecule has 6 heteroatoms. The molecule has 6 N–H and O–H groups in total. The van der Waals surface area contributed by atoms with Crippen LogP contribution in [0.1, 0.15) is 0 Å². The lowest BCUT2D eigenvalue weighted by molar-refractivity contribution is 0.137. The molecular weight excluding hydrogens is 152 g/mol. The molecule has 11 heavy (non-hydrogen) atoms. The number of aliphatic hydroxyl groups excluding tert-OH is 1. The third-order valence-corrected chi connectivity index (χ3v) is 0.610. The van der Waals surface area contributed by atoms with Gasteiger partial charge in [-0.15, -0.1) is 0 Å². The van der Waals surface area contributed by atoms with Crippen LogP contribution in [0.4, 0.5) is 4.79 Å². The molecule has 0 atom stereocenters. The molecule has 0 unspecified atom stereocenters. The smallest absolute Gasteiger partial charge is 0.450 e. The molecule has 0 bridgehead atoms. The highest BCUT2D eigenvalue weighted by Gasteiger charge is 1.77. The lowest BCUT2D eigenvalue weighted by atomic mass is 10.6. The molecule has 0 radical (unpaired) electrons. The van der Waals surface area contributed by atoms with Crippen LogP contribution in [0.25, 0.3) is 0 Å². The van der Waals surface area contributed by atoms with Crippen molar-refractivity contribution in [2.24, 2.45) is 5.73 Å². The number of carboxylic acid groups (broad SMARTS) is 2. The molecule has 0 rings (SSSR count). The SMILES string of the molecule is NCCNCCO.O=C(O)O. The molecule has 68 valence electrons. The van der Waals surface area contributed by atoms with Gasteiger partial charge >= 0.3 is 6.16 Å². The maximum Gasteiger partial charge on any atom is 0.503 e. The average Bonchev–Trinajstić information content (AvgIpc) is 1.88. The van der Waals surface area contributed by atoms with Gasteiger partial charge in [0.05, 0.1) is 6.61 Å². The molecule has 0 saturated carbocycles. The standard InChI is InChI=1S/C4H12N2O.CH2O3/c5-1-2-6-3-4-7;2-1(3)4/h6-7H,1-5H2;(H2,2,3,4). The third kappa shape index (κ3) is 47.1. The number of rotatable bonds is 4. The zero-order valence-corrected chi connectivity index (χ0v) is 6.16. The topological polar surface area (TPSA) is 116 Å². The van der Waals surface area contributed by atoms with Crippen LogP contribution in [0.15, 0.2) is 0 Å². The third-order valence-electron chi connectivity index (χ3n) is 0.610. The maximum absolute atomic E-state index is 8.56. The lowest BCUT2D eigenvalue weighted by Crippen LogP contribution is -2.24. The highest BCUT2D eigenvalue weighted by atomic mass is 16.6. The number of nitrogens with two attached hydrogens (primary N) is 1. The molecule has 0 spiro atoms. The second-order valence-corrected chi connectivity index (χ2v) is 1.54. The molecule has 0 aromatic heterocycles. The zero-order valence-electron chi connectivity index (χ0n) is 6.16. The monoisotopic (exact) mass is 166 g/mol. The van der Waals surface area contributed by atoms with Crippen molar-refractivity contribution in [2.75, 3.05) is 26.2 Å². The van der Waals surface area contributed by atoms with Crippen molar-refractivity contribution in [1.82, 2.24) is 5.32 Å². The highest BCUT2D eigenvalue weighted by Crippen LogP contribution is 1.51. The van der Waals surface area contributed by atoms with Gasteiger partial charge in [-0.25, -0.2) is 4.79 Å². The Hall–Kier alpha value is -0.850. The maximum atomic E-state index is 8.56. The van der Waals surface area contributed by atoms with Crippen LogP contribution in [0.5, 0.6) is 0 Å². The van der Waals surface area contributed by atoms with E-state index in [9.17, 15) is 0 Å². The predicted octanol–water partition coefficient (Wildman–Crippen LogP) is -1.25. The summed E-state index contributed by atoms with van der Waals surface area (Å²) < 4.78 is 0. The Morgan fingerprint density at radius 1 is 1.36 bits per heavy atom. The molecule has 0 amide bonds. The molecule has 0 aliphatic heterocycles. The van der Waals surface area contributed by atoms with Crippen LogP contribution >= 0.6 is 0 Å². The quantitative estimate of drug-likeness (QED) is 0.333. The van der Waals surface area contributed by atoms with Gasteiger partial charge in [0.2, 0.25) is 0 Å². The van der Waals surface area contributed by atoms with E-state index in [1.54, 1.807) is 0 Å².